The lowest BCUT2D eigenvalue weighted by atomic mass is 10.3. The molecule has 2 aromatic carbocycles. The van der Waals surface area contributed by atoms with Crippen LogP contribution in [0, 0.1) is 0 Å². The van der Waals surface area contributed by atoms with Crippen LogP contribution in [0.2, 0.25) is 5.02 Å². The molecule has 0 saturated heterocycles. The van der Waals surface area contributed by atoms with Crippen molar-refractivity contribution in [3.63, 3.8) is 0 Å². The summed E-state index contributed by atoms with van der Waals surface area (Å²) in [6, 6.07) is 13.4. The molecule has 0 radical (unpaired) electrons. The summed E-state index contributed by atoms with van der Waals surface area (Å²) >= 11 is 9.00. The van der Waals surface area contributed by atoms with E-state index in [0.717, 1.165) is 39.0 Å². The van der Waals surface area contributed by atoms with Crippen molar-refractivity contribution in [3.05, 3.63) is 47.5 Å². The topological polar surface area (TPSA) is 45.7 Å². The van der Waals surface area contributed by atoms with Crippen molar-refractivity contribution in [2.45, 2.75) is 18.2 Å². The van der Waals surface area contributed by atoms with E-state index in [2.05, 4.69) is 4.90 Å². The van der Waals surface area contributed by atoms with E-state index in [9.17, 15) is 4.79 Å². The van der Waals surface area contributed by atoms with Gasteiger partial charge in [0, 0.05) is 16.5 Å². The quantitative estimate of drug-likeness (QED) is 0.327. The average Bonchev–Trinajstić information content (AvgIpc) is 3.13. The maximum atomic E-state index is 13.1. The number of nitrogens with zero attached hydrogens (tertiary/aromatic N) is 3. The highest BCUT2D eigenvalue weighted by atomic mass is 35.5. The first kappa shape index (κ1) is 25.7. The summed E-state index contributed by atoms with van der Waals surface area (Å²) < 4.78 is 6.62. The molecular weight excluding hydrogens is 473 g/mol. The van der Waals surface area contributed by atoms with Crippen LogP contribution in [0.3, 0.4) is 0 Å². The van der Waals surface area contributed by atoms with Crippen molar-refractivity contribution in [3.8, 4) is 5.75 Å². The Morgan fingerprint density at radius 2 is 1.90 bits per heavy atom. The minimum atomic E-state index is 0. The molecule has 31 heavy (non-hydrogen) atoms. The van der Waals surface area contributed by atoms with Crippen molar-refractivity contribution in [1.82, 2.24) is 9.88 Å². The second-order valence-corrected chi connectivity index (χ2v) is 9.50. The van der Waals surface area contributed by atoms with Crippen LogP contribution in [0.1, 0.15) is 13.3 Å². The summed E-state index contributed by atoms with van der Waals surface area (Å²) in [6.45, 7) is 4.13. The fraction of sp³-hybridized carbons (Fsp3) is 0.364. The SMILES string of the molecule is CCOc1ccc2nc(N(CCCN(C)C)C(=O)CSc3ccc(Cl)cc3)sc2c1.Cl. The normalized spacial score (nSPS) is 10.9. The molecule has 0 fully saturated rings. The number of hydrogen-bond donors (Lipinski definition) is 0. The van der Waals surface area contributed by atoms with Crippen LogP contribution in [0.5, 0.6) is 5.75 Å². The van der Waals surface area contributed by atoms with Crippen LogP contribution < -0.4 is 9.64 Å². The monoisotopic (exact) mass is 499 g/mol. The molecule has 3 aromatic rings. The highest BCUT2D eigenvalue weighted by molar-refractivity contribution is 8.00. The summed E-state index contributed by atoms with van der Waals surface area (Å²) in [5.41, 5.74) is 0.884. The third-order valence-electron chi connectivity index (χ3n) is 4.35. The van der Waals surface area contributed by atoms with E-state index in [4.69, 9.17) is 21.3 Å². The Bertz CT molecular complexity index is 981. The number of rotatable bonds is 10. The third-order valence-corrected chi connectivity index (χ3v) is 6.64. The van der Waals surface area contributed by atoms with Crippen LogP contribution in [0.4, 0.5) is 5.13 Å². The number of thioether (sulfide) groups is 1. The summed E-state index contributed by atoms with van der Waals surface area (Å²) in [7, 11) is 4.07. The number of benzene rings is 2. The predicted octanol–water partition coefficient (Wildman–Crippen LogP) is 5.85. The number of fused-ring (bicyclic) bond motifs is 1. The van der Waals surface area contributed by atoms with Crippen LogP contribution in [-0.2, 0) is 4.79 Å². The van der Waals surface area contributed by atoms with E-state index in [1.165, 1.54) is 23.1 Å². The third kappa shape index (κ3) is 7.54. The largest absolute Gasteiger partial charge is 0.494 e. The van der Waals surface area contributed by atoms with Gasteiger partial charge in [0.15, 0.2) is 5.13 Å². The van der Waals surface area contributed by atoms with Gasteiger partial charge in [0.2, 0.25) is 5.91 Å². The first-order valence-electron chi connectivity index (χ1n) is 9.83. The van der Waals surface area contributed by atoms with E-state index < -0.39 is 0 Å². The smallest absolute Gasteiger partial charge is 0.239 e. The van der Waals surface area contributed by atoms with Gasteiger partial charge in [-0.3, -0.25) is 9.69 Å². The molecule has 168 valence electrons. The van der Waals surface area contributed by atoms with Gasteiger partial charge in [-0.05, 0) is 76.4 Å². The zero-order chi connectivity index (χ0) is 21.5. The Morgan fingerprint density at radius 1 is 1.16 bits per heavy atom. The van der Waals surface area contributed by atoms with Crippen molar-refractivity contribution in [2.24, 2.45) is 0 Å². The number of amides is 1. The Hall–Kier alpha value is -1.51. The number of anilines is 1. The maximum absolute atomic E-state index is 13.1. The van der Waals surface area contributed by atoms with Crippen LogP contribution in [0.25, 0.3) is 10.2 Å². The molecule has 0 aliphatic carbocycles. The van der Waals surface area contributed by atoms with E-state index in [1.807, 2.05) is 68.4 Å². The summed E-state index contributed by atoms with van der Waals surface area (Å²) in [6.07, 6.45) is 0.879. The first-order chi connectivity index (χ1) is 14.5. The molecule has 0 spiro atoms. The van der Waals surface area contributed by atoms with Crippen molar-refractivity contribution >= 4 is 68.4 Å². The molecule has 0 atom stereocenters. The van der Waals surface area contributed by atoms with Gasteiger partial charge in [-0.2, -0.15) is 0 Å². The molecule has 0 saturated carbocycles. The molecular formula is C22H27Cl2N3O2S2. The molecule has 1 amide bonds. The highest BCUT2D eigenvalue weighted by Gasteiger charge is 2.20. The standard InChI is InChI=1S/C22H26ClN3O2S2.ClH/c1-4-28-17-8-11-19-20(14-17)30-22(24-19)26(13-5-12-25(2)3)21(27)15-29-18-9-6-16(23)7-10-18;/h6-11,14H,4-5,12-13,15H2,1-3H3;1H. The molecule has 0 N–H and O–H groups in total. The number of halogens is 2. The van der Waals surface area contributed by atoms with Crippen LogP contribution >= 0.6 is 47.1 Å². The van der Waals surface area contributed by atoms with Gasteiger partial charge >= 0.3 is 0 Å². The van der Waals surface area contributed by atoms with E-state index in [1.54, 1.807) is 0 Å². The Kier molecular flexibility index (Phi) is 10.4. The van der Waals surface area contributed by atoms with Gasteiger partial charge in [0.05, 0.1) is 22.6 Å². The molecule has 5 nitrogen and oxygen atoms in total. The van der Waals surface area contributed by atoms with Crippen molar-refractivity contribution in [2.75, 3.05) is 44.4 Å². The first-order valence-corrected chi connectivity index (χ1v) is 12.0. The number of thiazole rings is 1. The van der Waals surface area contributed by atoms with Crippen molar-refractivity contribution < 1.29 is 9.53 Å². The summed E-state index contributed by atoms with van der Waals surface area (Å²) in [5.74, 6) is 1.23. The van der Waals surface area contributed by atoms with Gasteiger partial charge in [-0.15, -0.1) is 24.2 Å². The lowest BCUT2D eigenvalue weighted by Crippen LogP contribution is -2.34. The van der Waals surface area contributed by atoms with E-state index >= 15 is 0 Å². The fourth-order valence-electron chi connectivity index (χ4n) is 2.89. The Labute approximate surface area is 203 Å². The zero-order valence-corrected chi connectivity index (χ0v) is 21.0. The zero-order valence-electron chi connectivity index (χ0n) is 17.8. The number of carbonyl (C=O) groups excluding carboxylic acids is 1. The average molecular weight is 501 g/mol. The van der Waals surface area contributed by atoms with Gasteiger partial charge < -0.3 is 9.64 Å². The fourth-order valence-corrected chi connectivity index (χ4v) is 4.83. The molecule has 3 rings (SSSR count). The molecule has 1 heterocycles. The molecule has 0 aliphatic rings. The van der Waals surface area contributed by atoms with E-state index in [0.29, 0.717) is 23.9 Å². The molecule has 0 aliphatic heterocycles. The lowest BCUT2D eigenvalue weighted by molar-refractivity contribution is -0.116. The second kappa shape index (κ2) is 12.5. The predicted molar refractivity (Wildman–Crippen MR) is 136 cm³/mol. The van der Waals surface area contributed by atoms with Gasteiger partial charge in [0.1, 0.15) is 5.75 Å². The second-order valence-electron chi connectivity index (χ2n) is 7.00. The maximum Gasteiger partial charge on any atom is 0.239 e. The van der Waals surface area contributed by atoms with Crippen molar-refractivity contribution in [1.29, 1.82) is 0 Å². The minimum Gasteiger partial charge on any atom is -0.494 e. The summed E-state index contributed by atoms with van der Waals surface area (Å²) in [4.78, 5) is 22.8. The highest BCUT2D eigenvalue weighted by Crippen LogP contribution is 2.32. The molecule has 0 unspecified atom stereocenters. The molecule has 1 aromatic heterocycles. The Morgan fingerprint density at radius 3 is 2.58 bits per heavy atom. The molecule has 0 bridgehead atoms. The van der Waals surface area contributed by atoms with E-state index in [-0.39, 0.29) is 18.3 Å². The number of hydrogen-bond acceptors (Lipinski definition) is 6. The number of carbonyl (C=O) groups is 1. The van der Waals surface area contributed by atoms with Gasteiger partial charge in [-0.25, -0.2) is 4.98 Å². The molecule has 9 heteroatoms. The van der Waals surface area contributed by atoms with Crippen LogP contribution in [0.15, 0.2) is 47.4 Å². The van der Waals surface area contributed by atoms with Gasteiger partial charge in [0.25, 0.3) is 0 Å². The number of aromatic nitrogens is 1. The Balaban J connectivity index is 0.00000341. The minimum absolute atomic E-state index is 0. The number of ether oxygens (including phenoxy) is 1. The summed E-state index contributed by atoms with van der Waals surface area (Å²) in [5, 5.41) is 1.43. The van der Waals surface area contributed by atoms with Gasteiger partial charge in [-0.1, -0.05) is 22.9 Å². The lowest BCUT2D eigenvalue weighted by Gasteiger charge is -2.21. The van der Waals surface area contributed by atoms with Crippen LogP contribution in [-0.4, -0.2) is 55.3 Å².